The topological polar surface area (TPSA) is 83.0 Å². The molecular weight excluding hydrogens is 240 g/mol. The first kappa shape index (κ1) is 13.8. The molecule has 2 N–H and O–H groups in total. The van der Waals surface area contributed by atoms with E-state index in [9.17, 15) is 9.59 Å². The highest BCUT2D eigenvalue weighted by atomic mass is 32.2. The molecule has 0 aromatic carbocycles. The van der Waals surface area contributed by atoms with Gasteiger partial charge in [-0.1, -0.05) is 20.3 Å². The van der Waals surface area contributed by atoms with E-state index in [4.69, 9.17) is 5.11 Å². The molecule has 0 saturated carbocycles. The lowest BCUT2D eigenvalue weighted by Crippen LogP contribution is -2.18. The summed E-state index contributed by atoms with van der Waals surface area (Å²) in [6.45, 7) is 5.63. The summed E-state index contributed by atoms with van der Waals surface area (Å²) in [4.78, 5) is 28.5. The maximum Gasteiger partial charge on any atom is 0.346 e. The molecule has 0 radical (unpaired) electrons. The number of rotatable bonds is 5. The molecule has 0 aliphatic heterocycles. The number of hydrogen-bond acceptors (Lipinski definition) is 4. The fraction of sp³-hybridized carbons (Fsp3) is 0.545. The van der Waals surface area contributed by atoms with Crippen LogP contribution >= 0.6 is 11.8 Å². The summed E-state index contributed by atoms with van der Waals surface area (Å²) in [5.41, 5.74) is -0.0556. The fourth-order valence-corrected chi connectivity index (χ4v) is 2.78. The van der Waals surface area contributed by atoms with E-state index < -0.39 is 11.7 Å². The predicted molar refractivity (Wildman–Crippen MR) is 66.8 cm³/mol. The zero-order valence-corrected chi connectivity index (χ0v) is 10.9. The number of nitrogens with one attached hydrogen (secondary N) is 1. The number of aromatic amines is 1. The molecule has 0 saturated heterocycles. The van der Waals surface area contributed by atoms with Gasteiger partial charge >= 0.3 is 11.7 Å². The molecule has 6 heteroatoms. The third-order valence-electron chi connectivity index (χ3n) is 2.31. The number of carboxylic acid groups (broad SMARTS) is 1. The van der Waals surface area contributed by atoms with Gasteiger partial charge in [0.15, 0.2) is 0 Å². The van der Waals surface area contributed by atoms with E-state index in [1.54, 1.807) is 6.92 Å². The van der Waals surface area contributed by atoms with Crippen LogP contribution in [0.3, 0.4) is 0 Å². The maximum atomic E-state index is 11.3. The van der Waals surface area contributed by atoms with Gasteiger partial charge in [-0.25, -0.2) is 9.59 Å². The standard InChI is InChI=1S/C11H16N2O3S/c1-4-5-6(2)17-9-8(10(14)15)7(3)12-11(16)13-9/h6H,4-5H2,1-3H3,(H,14,15)(H,12,13,16). The van der Waals surface area contributed by atoms with E-state index in [1.165, 1.54) is 11.8 Å². The van der Waals surface area contributed by atoms with Crippen molar-refractivity contribution in [2.75, 3.05) is 0 Å². The fourth-order valence-electron chi connectivity index (χ4n) is 1.55. The molecule has 0 aliphatic carbocycles. The van der Waals surface area contributed by atoms with E-state index in [2.05, 4.69) is 16.9 Å². The molecule has 17 heavy (non-hydrogen) atoms. The Morgan fingerprint density at radius 1 is 1.59 bits per heavy atom. The van der Waals surface area contributed by atoms with Gasteiger partial charge in [0, 0.05) is 10.9 Å². The summed E-state index contributed by atoms with van der Waals surface area (Å²) >= 11 is 1.34. The van der Waals surface area contributed by atoms with Crippen molar-refractivity contribution < 1.29 is 9.90 Å². The number of carbonyl (C=O) groups is 1. The Hall–Kier alpha value is -1.30. The molecule has 5 nitrogen and oxygen atoms in total. The molecule has 0 fully saturated rings. The van der Waals surface area contributed by atoms with Gasteiger partial charge in [0.05, 0.1) is 0 Å². The number of nitrogens with zero attached hydrogens (tertiary/aromatic N) is 1. The smallest absolute Gasteiger partial charge is 0.346 e. The number of aromatic nitrogens is 2. The van der Waals surface area contributed by atoms with Crippen molar-refractivity contribution in [1.29, 1.82) is 0 Å². The van der Waals surface area contributed by atoms with E-state index in [-0.39, 0.29) is 10.8 Å². The Kier molecular flexibility index (Phi) is 4.74. The Balaban J connectivity index is 3.12. The van der Waals surface area contributed by atoms with Crippen LogP contribution in [-0.4, -0.2) is 26.3 Å². The van der Waals surface area contributed by atoms with Crippen LogP contribution in [-0.2, 0) is 0 Å². The van der Waals surface area contributed by atoms with E-state index >= 15 is 0 Å². The second kappa shape index (κ2) is 5.86. The summed E-state index contributed by atoms with van der Waals surface area (Å²) in [5, 5.41) is 9.65. The first-order valence-electron chi connectivity index (χ1n) is 5.46. The number of thioether (sulfide) groups is 1. The lowest BCUT2D eigenvalue weighted by atomic mass is 10.2. The van der Waals surface area contributed by atoms with Crippen LogP contribution in [0.25, 0.3) is 0 Å². The van der Waals surface area contributed by atoms with Crippen LogP contribution in [0.15, 0.2) is 9.82 Å². The van der Waals surface area contributed by atoms with E-state index in [0.29, 0.717) is 10.7 Å². The van der Waals surface area contributed by atoms with Gasteiger partial charge in [-0.05, 0) is 13.3 Å². The Morgan fingerprint density at radius 2 is 2.24 bits per heavy atom. The minimum Gasteiger partial charge on any atom is -0.478 e. The number of hydrogen-bond donors (Lipinski definition) is 2. The molecule has 94 valence electrons. The van der Waals surface area contributed by atoms with E-state index in [0.717, 1.165) is 12.8 Å². The van der Waals surface area contributed by atoms with Crippen LogP contribution in [0.1, 0.15) is 42.7 Å². The molecule has 1 aromatic heterocycles. The SMILES string of the molecule is CCCC(C)Sc1nc(=O)[nH]c(C)c1C(=O)O. The average molecular weight is 256 g/mol. The first-order chi connectivity index (χ1) is 7.95. The Bertz CT molecular complexity index is 470. The Morgan fingerprint density at radius 3 is 2.76 bits per heavy atom. The molecule has 0 bridgehead atoms. The summed E-state index contributed by atoms with van der Waals surface area (Å²) in [6, 6.07) is 0. The van der Waals surface area contributed by atoms with Gasteiger partial charge in [0.25, 0.3) is 0 Å². The largest absolute Gasteiger partial charge is 0.478 e. The summed E-state index contributed by atoms with van der Waals surface area (Å²) < 4.78 is 0. The lowest BCUT2D eigenvalue weighted by Gasteiger charge is -2.11. The molecule has 0 spiro atoms. The molecule has 1 atom stereocenters. The van der Waals surface area contributed by atoms with Gasteiger partial charge in [0.2, 0.25) is 0 Å². The van der Waals surface area contributed by atoms with Gasteiger partial charge in [-0.3, -0.25) is 0 Å². The maximum absolute atomic E-state index is 11.3. The van der Waals surface area contributed by atoms with Crippen LogP contribution in [0, 0.1) is 6.92 Å². The molecule has 1 unspecified atom stereocenters. The van der Waals surface area contributed by atoms with Gasteiger partial charge in [0.1, 0.15) is 10.6 Å². The second-order valence-corrected chi connectivity index (χ2v) is 5.30. The third kappa shape index (κ3) is 3.59. The first-order valence-corrected chi connectivity index (χ1v) is 6.34. The highest BCUT2D eigenvalue weighted by Gasteiger charge is 2.18. The average Bonchev–Trinajstić information content (AvgIpc) is 2.15. The van der Waals surface area contributed by atoms with Gasteiger partial charge in [-0.15, -0.1) is 11.8 Å². The summed E-state index contributed by atoms with van der Waals surface area (Å²) in [5.74, 6) is -1.06. The number of aryl methyl sites for hydroxylation is 1. The zero-order chi connectivity index (χ0) is 13.0. The Labute approximate surface area is 104 Å². The van der Waals surface area contributed by atoms with Crippen molar-refractivity contribution in [3.05, 3.63) is 21.7 Å². The highest BCUT2D eigenvalue weighted by molar-refractivity contribution is 7.99. The molecule has 1 rings (SSSR count). The summed E-state index contributed by atoms with van der Waals surface area (Å²) in [7, 11) is 0. The third-order valence-corrected chi connectivity index (χ3v) is 3.47. The molecule has 0 amide bonds. The molecule has 0 aliphatic rings. The van der Waals surface area contributed by atoms with Crippen molar-refractivity contribution in [2.24, 2.45) is 0 Å². The van der Waals surface area contributed by atoms with Crippen molar-refractivity contribution in [3.8, 4) is 0 Å². The second-order valence-electron chi connectivity index (χ2n) is 3.87. The lowest BCUT2D eigenvalue weighted by molar-refractivity contribution is 0.0690. The quantitative estimate of drug-likeness (QED) is 0.622. The van der Waals surface area contributed by atoms with Crippen LogP contribution < -0.4 is 5.69 Å². The summed E-state index contributed by atoms with van der Waals surface area (Å²) in [6.07, 6.45) is 1.97. The monoisotopic (exact) mass is 256 g/mol. The van der Waals surface area contributed by atoms with Gasteiger partial charge in [-0.2, -0.15) is 4.98 Å². The minimum absolute atomic E-state index is 0.0950. The molecule has 1 aromatic rings. The van der Waals surface area contributed by atoms with Crippen molar-refractivity contribution in [2.45, 2.75) is 43.9 Å². The predicted octanol–water partition coefficient (Wildman–Crippen LogP) is 2.06. The van der Waals surface area contributed by atoms with Crippen LogP contribution in [0.5, 0.6) is 0 Å². The zero-order valence-electron chi connectivity index (χ0n) is 10.1. The minimum atomic E-state index is -1.06. The van der Waals surface area contributed by atoms with E-state index in [1.807, 2.05) is 6.92 Å². The normalized spacial score (nSPS) is 12.4. The van der Waals surface area contributed by atoms with Crippen molar-refractivity contribution in [3.63, 3.8) is 0 Å². The van der Waals surface area contributed by atoms with Crippen LogP contribution in [0.2, 0.25) is 0 Å². The van der Waals surface area contributed by atoms with Crippen molar-refractivity contribution >= 4 is 17.7 Å². The van der Waals surface area contributed by atoms with Crippen LogP contribution in [0.4, 0.5) is 0 Å². The molecular formula is C11H16N2O3S. The molecule has 1 heterocycles. The number of carboxylic acids is 1. The van der Waals surface area contributed by atoms with Gasteiger partial charge < -0.3 is 10.1 Å². The number of H-pyrrole nitrogens is 1. The number of aromatic carboxylic acids is 1. The van der Waals surface area contributed by atoms with Crippen molar-refractivity contribution in [1.82, 2.24) is 9.97 Å². The highest BCUT2D eigenvalue weighted by Crippen LogP contribution is 2.27.